The number of hydrogen-bond donors (Lipinski definition) is 2. The van der Waals surface area contributed by atoms with Crippen LogP contribution in [0.5, 0.6) is 0 Å². The molecule has 0 atom stereocenters. The van der Waals surface area contributed by atoms with Gasteiger partial charge in [0.1, 0.15) is 5.76 Å². The summed E-state index contributed by atoms with van der Waals surface area (Å²) in [6.45, 7) is 4.02. The maximum Gasteiger partial charge on any atom is 0.300 e. The summed E-state index contributed by atoms with van der Waals surface area (Å²) in [5.41, 5.74) is 2.06. The van der Waals surface area contributed by atoms with Crippen molar-refractivity contribution in [2.24, 2.45) is 5.84 Å². The minimum absolute atomic E-state index is 0.273. The van der Waals surface area contributed by atoms with Crippen LogP contribution in [0.1, 0.15) is 42.5 Å². The van der Waals surface area contributed by atoms with Crippen molar-refractivity contribution in [3.63, 3.8) is 0 Å². The summed E-state index contributed by atoms with van der Waals surface area (Å²) in [6.07, 6.45) is 3.68. The smallest absolute Gasteiger partial charge is 0.300 e. The molecule has 1 amide bonds. The fourth-order valence-corrected chi connectivity index (χ4v) is 1.97. The van der Waals surface area contributed by atoms with Crippen LogP contribution in [0, 0.1) is 0 Å². The van der Waals surface area contributed by atoms with Crippen LogP contribution >= 0.6 is 0 Å². The van der Waals surface area contributed by atoms with Crippen LogP contribution in [-0.2, 0) is 6.54 Å². The van der Waals surface area contributed by atoms with Crippen molar-refractivity contribution in [1.29, 1.82) is 0 Å². The molecule has 1 saturated carbocycles. The van der Waals surface area contributed by atoms with E-state index in [2.05, 4.69) is 17.2 Å². The molecule has 1 aromatic heterocycles. The lowest BCUT2D eigenvalue weighted by atomic mass is 10.3. The Hall–Kier alpha value is -1.33. The van der Waals surface area contributed by atoms with E-state index in [1.807, 2.05) is 6.07 Å². The van der Waals surface area contributed by atoms with E-state index in [-0.39, 0.29) is 11.7 Å². The first-order valence-corrected chi connectivity index (χ1v) is 6.08. The molecule has 1 aliphatic carbocycles. The molecule has 5 heteroatoms. The first-order chi connectivity index (χ1) is 8.24. The SMILES string of the molecule is CCCN(Cc1ccc(C(=O)NN)o1)C1CC1. The second-order valence-corrected chi connectivity index (χ2v) is 4.44. The number of hydrazine groups is 1. The molecule has 2 rings (SSSR count). The first-order valence-electron chi connectivity index (χ1n) is 6.08. The van der Waals surface area contributed by atoms with Crippen molar-refractivity contribution in [1.82, 2.24) is 10.3 Å². The predicted molar refractivity (Wildman–Crippen MR) is 64.1 cm³/mol. The topological polar surface area (TPSA) is 71.5 Å². The fourth-order valence-electron chi connectivity index (χ4n) is 1.97. The van der Waals surface area contributed by atoms with Gasteiger partial charge >= 0.3 is 5.91 Å². The second kappa shape index (κ2) is 5.33. The lowest BCUT2D eigenvalue weighted by molar-refractivity contribution is 0.0922. The standard InChI is InChI=1S/C12H19N3O2/c1-2-7-15(9-3-4-9)8-10-5-6-11(17-10)12(16)14-13/h5-6,9H,2-4,7-8,13H2,1H3,(H,14,16). The van der Waals surface area contributed by atoms with E-state index in [1.54, 1.807) is 6.07 Å². The molecule has 94 valence electrons. The van der Waals surface area contributed by atoms with Crippen molar-refractivity contribution in [2.75, 3.05) is 6.54 Å². The quantitative estimate of drug-likeness (QED) is 0.444. The predicted octanol–water partition coefficient (Wildman–Crippen LogP) is 1.26. The Morgan fingerprint density at radius 1 is 1.59 bits per heavy atom. The number of nitrogen functional groups attached to an aromatic ring is 1. The van der Waals surface area contributed by atoms with E-state index in [4.69, 9.17) is 10.3 Å². The zero-order valence-electron chi connectivity index (χ0n) is 10.1. The Morgan fingerprint density at radius 3 is 2.94 bits per heavy atom. The van der Waals surface area contributed by atoms with Gasteiger partial charge in [0, 0.05) is 6.04 Å². The molecular weight excluding hydrogens is 218 g/mol. The van der Waals surface area contributed by atoms with Crippen LogP contribution in [0.3, 0.4) is 0 Å². The largest absolute Gasteiger partial charge is 0.455 e. The van der Waals surface area contributed by atoms with E-state index in [9.17, 15) is 4.79 Å². The molecule has 0 bridgehead atoms. The lowest BCUT2D eigenvalue weighted by Gasteiger charge is -2.19. The molecular formula is C12H19N3O2. The van der Waals surface area contributed by atoms with Crippen molar-refractivity contribution < 1.29 is 9.21 Å². The fraction of sp³-hybridized carbons (Fsp3) is 0.583. The molecule has 0 aliphatic heterocycles. The third-order valence-electron chi connectivity index (χ3n) is 2.95. The van der Waals surface area contributed by atoms with Crippen molar-refractivity contribution in [3.05, 3.63) is 23.7 Å². The highest BCUT2D eigenvalue weighted by molar-refractivity contribution is 5.90. The highest BCUT2D eigenvalue weighted by Crippen LogP contribution is 2.28. The number of hydrogen-bond acceptors (Lipinski definition) is 4. The summed E-state index contributed by atoms with van der Waals surface area (Å²) >= 11 is 0. The van der Waals surface area contributed by atoms with E-state index in [0.717, 1.165) is 25.3 Å². The van der Waals surface area contributed by atoms with Gasteiger partial charge in [-0.2, -0.15) is 0 Å². The van der Waals surface area contributed by atoms with Gasteiger partial charge in [-0.3, -0.25) is 15.1 Å². The number of carbonyl (C=O) groups excluding carboxylic acids is 1. The summed E-state index contributed by atoms with van der Waals surface area (Å²) in [7, 11) is 0. The number of nitrogens with two attached hydrogens (primary N) is 1. The molecule has 0 spiro atoms. The molecule has 0 radical (unpaired) electrons. The van der Waals surface area contributed by atoms with Crippen molar-refractivity contribution in [2.45, 2.75) is 38.8 Å². The zero-order valence-corrected chi connectivity index (χ0v) is 10.1. The Morgan fingerprint density at radius 2 is 2.35 bits per heavy atom. The number of furan rings is 1. The molecule has 0 unspecified atom stereocenters. The average Bonchev–Trinajstić information content (AvgIpc) is 3.08. The molecule has 5 nitrogen and oxygen atoms in total. The molecule has 3 N–H and O–H groups in total. The summed E-state index contributed by atoms with van der Waals surface area (Å²) in [5.74, 6) is 5.76. The number of nitrogens with zero attached hydrogens (tertiary/aromatic N) is 1. The summed E-state index contributed by atoms with van der Waals surface area (Å²) in [4.78, 5) is 13.6. The monoisotopic (exact) mass is 237 g/mol. The minimum Gasteiger partial charge on any atom is -0.455 e. The van der Waals surface area contributed by atoms with Gasteiger partial charge in [0.25, 0.3) is 0 Å². The maximum atomic E-state index is 11.2. The van der Waals surface area contributed by atoms with E-state index in [1.165, 1.54) is 12.8 Å². The molecule has 1 aliphatic rings. The Bertz CT molecular complexity index is 385. The highest BCUT2D eigenvalue weighted by atomic mass is 16.4. The molecule has 1 aromatic rings. The molecule has 1 fully saturated rings. The van der Waals surface area contributed by atoms with Crippen LogP contribution in [-0.4, -0.2) is 23.4 Å². The Balaban J connectivity index is 1.97. The summed E-state index contributed by atoms with van der Waals surface area (Å²) < 4.78 is 5.46. The minimum atomic E-state index is -0.385. The number of carbonyl (C=O) groups is 1. The number of nitrogens with one attached hydrogen (secondary N) is 1. The summed E-state index contributed by atoms with van der Waals surface area (Å²) in [5, 5.41) is 0. The second-order valence-electron chi connectivity index (χ2n) is 4.44. The molecule has 0 aromatic carbocycles. The van der Waals surface area contributed by atoms with Crippen molar-refractivity contribution >= 4 is 5.91 Å². The highest BCUT2D eigenvalue weighted by Gasteiger charge is 2.28. The first kappa shape index (κ1) is 12.1. The van der Waals surface area contributed by atoms with Gasteiger partial charge in [0.2, 0.25) is 0 Å². The van der Waals surface area contributed by atoms with Gasteiger partial charge in [-0.1, -0.05) is 6.92 Å². The van der Waals surface area contributed by atoms with E-state index in [0.29, 0.717) is 6.04 Å². The van der Waals surface area contributed by atoms with Crippen molar-refractivity contribution in [3.8, 4) is 0 Å². The van der Waals surface area contributed by atoms with Gasteiger partial charge in [-0.15, -0.1) is 0 Å². The van der Waals surface area contributed by atoms with Gasteiger partial charge in [0.15, 0.2) is 5.76 Å². The molecule has 17 heavy (non-hydrogen) atoms. The molecule has 0 saturated heterocycles. The Kier molecular flexibility index (Phi) is 3.81. The number of rotatable bonds is 6. The van der Waals surface area contributed by atoms with Gasteiger partial charge in [-0.05, 0) is 37.9 Å². The van der Waals surface area contributed by atoms with E-state index < -0.39 is 0 Å². The van der Waals surface area contributed by atoms with Crippen LogP contribution in [0.2, 0.25) is 0 Å². The average molecular weight is 237 g/mol. The number of amides is 1. The normalized spacial score (nSPS) is 15.2. The van der Waals surface area contributed by atoms with Crippen LogP contribution in [0.4, 0.5) is 0 Å². The van der Waals surface area contributed by atoms with Gasteiger partial charge in [-0.25, -0.2) is 5.84 Å². The van der Waals surface area contributed by atoms with Gasteiger partial charge < -0.3 is 4.42 Å². The van der Waals surface area contributed by atoms with Crippen LogP contribution in [0.15, 0.2) is 16.5 Å². The van der Waals surface area contributed by atoms with Crippen LogP contribution < -0.4 is 11.3 Å². The lowest BCUT2D eigenvalue weighted by Crippen LogP contribution is -2.29. The zero-order chi connectivity index (χ0) is 12.3. The molecule has 1 heterocycles. The van der Waals surface area contributed by atoms with Gasteiger partial charge in [0.05, 0.1) is 6.54 Å². The maximum absolute atomic E-state index is 11.2. The third kappa shape index (κ3) is 3.08. The summed E-state index contributed by atoms with van der Waals surface area (Å²) in [6, 6.07) is 4.20. The van der Waals surface area contributed by atoms with Crippen LogP contribution in [0.25, 0.3) is 0 Å². The Labute approximate surface area is 101 Å². The van der Waals surface area contributed by atoms with E-state index >= 15 is 0 Å². The third-order valence-corrected chi connectivity index (χ3v) is 2.95.